The van der Waals surface area contributed by atoms with Crippen molar-refractivity contribution in [2.24, 2.45) is 5.92 Å². The van der Waals surface area contributed by atoms with Gasteiger partial charge in [0.15, 0.2) is 5.82 Å². The Morgan fingerprint density at radius 3 is 2.66 bits per heavy atom. The summed E-state index contributed by atoms with van der Waals surface area (Å²) in [6.45, 7) is 0. The average molecular weight is 503 g/mol. The molecule has 186 valence electrons. The van der Waals surface area contributed by atoms with E-state index in [0.29, 0.717) is 17.2 Å². The van der Waals surface area contributed by atoms with Crippen LogP contribution in [0.4, 0.5) is 10.1 Å². The molecule has 38 heavy (non-hydrogen) atoms. The lowest BCUT2D eigenvalue weighted by Gasteiger charge is -2.24. The minimum absolute atomic E-state index is 0.0604. The largest absolute Gasteiger partial charge is 0.337 e. The van der Waals surface area contributed by atoms with Crippen molar-refractivity contribution in [3.05, 3.63) is 84.9 Å². The van der Waals surface area contributed by atoms with Crippen molar-refractivity contribution in [2.45, 2.75) is 19.3 Å². The molecule has 1 aliphatic rings. The molecule has 3 aromatic heterocycles. The number of imidazole rings is 1. The number of nitrogens with zero attached hydrogens (tertiary/aromatic N) is 3. The molecule has 0 aliphatic heterocycles. The Labute approximate surface area is 217 Å². The lowest BCUT2D eigenvalue weighted by Crippen LogP contribution is -2.28. The summed E-state index contributed by atoms with van der Waals surface area (Å²) in [5.74, 6) is 0.494. The highest BCUT2D eigenvalue weighted by molar-refractivity contribution is 5.99. The maximum atomic E-state index is 13.9. The summed E-state index contributed by atoms with van der Waals surface area (Å²) in [4.78, 5) is 25.0. The minimum Gasteiger partial charge on any atom is -0.337 e. The molecule has 8 heteroatoms. The van der Waals surface area contributed by atoms with Crippen molar-refractivity contribution < 1.29 is 9.18 Å². The van der Waals surface area contributed by atoms with E-state index in [1.165, 1.54) is 12.1 Å². The number of para-hydroxylation sites is 1. The van der Waals surface area contributed by atoms with Crippen molar-refractivity contribution >= 4 is 33.5 Å². The monoisotopic (exact) mass is 502 g/mol. The van der Waals surface area contributed by atoms with Gasteiger partial charge in [0.1, 0.15) is 11.5 Å². The summed E-state index contributed by atoms with van der Waals surface area (Å²) in [7, 11) is 0. The Kier molecular flexibility index (Phi) is 5.25. The summed E-state index contributed by atoms with van der Waals surface area (Å²) in [6, 6.07) is 20.3. The highest BCUT2D eigenvalue weighted by atomic mass is 19.1. The summed E-state index contributed by atoms with van der Waals surface area (Å²) in [5, 5.41) is 11.5. The van der Waals surface area contributed by atoms with Gasteiger partial charge in [0.05, 0.1) is 28.4 Å². The van der Waals surface area contributed by atoms with Crippen LogP contribution >= 0.6 is 0 Å². The van der Waals surface area contributed by atoms with E-state index in [0.717, 1.165) is 63.5 Å². The molecule has 3 aromatic carbocycles. The SMILES string of the molecule is O=C(Nc1cncc(-c2ccc3[nH]nc(-c4nc5c(-c6cccc(F)c6)cccc5[nH]4)c3c2)c1)C1CCC1. The van der Waals surface area contributed by atoms with Crippen LogP contribution < -0.4 is 5.32 Å². The number of hydrogen-bond donors (Lipinski definition) is 3. The fraction of sp³-hybridized carbons (Fsp3) is 0.133. The van der Waals surface area contributed by atoms with Gasteiger partial charge in [-0.15, -0.1) is 0 Å². The van der Waals surface area contributed by atoms with E-state index in [-0.39, 0.29) is 17.6 Å². The first kappa shape index (κ1) is 22.4. The number of fused-ring (bicyclic) bond motifs is 2. The number of pyridine rings is 1. The van der Waals surface area contributed by atoms with Crippen LogP contribution in [0.3, 0.4) is 0 Å². The molecular weight excluding hydrogens is 479 g/mol. The molecule has 6 aromatic rings. The quantitative estimate of drug-likeness (QED) is 0.244. The summed E-state index contributed by atoms with van der Waals surface area (Å²) >= 11 is 0. The Morgan fingerprint density at radius 1 is 0.921 bits per heavy atom. The highest BCUT2D eigenvalue weighted by Gasteiger charge is 2.25. The number of aromatic nitrogens is 5. The summed E-state index contributed by atoms with van der Waals surface area (Å²) < 4.78 is 13.9. The second-order valence-electron chi connectivity index (χ2n) is 9.71. The lowest BCUT2D eigenvalue weighted by atomic mass is 9.85. The fourth-order valence-corrected chi connectivity index (χ4v) is 4.99. The van der Waals surface area contributed by atoms with Crippen LogP contribution in [-0.4, -0.2) is 31.1 Å². The van der Waals surface area contributed by atoms with Crippen molar-refractivity contribution in [1.82, 2.24) is 25.1 Å². The molecule has 1 fully saturated rings. The maximum Gasteiger partial charge on any atom is 0.227 e. The first-order valence-corrected chi connectivity index (χ1v) is 12.6. The molecule has 0 unspecified atom stereocenters. The van der Waals surface area contributed by atoms with Gasteiger partial charge in [-0.1, -0.05) is 36.8 Å². The predicted octanol–water partition coefficient (Wildman–Crippen LogP) is 6.71. The van der Waals surface area contributed by atoms with E-state index < -0.39 is 0 Å². The van der Waals surface area contributed by atoms with Crippen LogP contribution in [-0.2, 0) is 4.79 Å². The van der Waals surface area contributed by atoms with Crippen LogP contribution in [0.1, 0.15) is 19.3 Å². The number of halogens is 1. The Bertz CT molecular complexity index is 1830. The smallest absolute Gasteiger partial charge is 0.227 e. The maximum absolute atomic E-state index is 13.9. The minimum atomic E-state index is -0.290. The summed E-state index contributed by atoms with van der Waals surface area (Å²) in [6.07, 6.45) is 6.47. The molecule has 1 aliphatic carbocycles. The second kappa shape index (κ2) is 8.92. The van der Waals surface area contributed by atoms with Gasteiger partial charge in [-0.05, 0) is 60.4 Å². The van der Waals surface area contributed by atoms with Crippen LogP contribution in [0.5, 0.6) is 0 Å². The molecule has 0 saturated heterocycles. The normalized spacial score (nSPS) is 13.6. The number of carbonyl (C=O) groups excluding carboxylic acids is 1. The van der Waals surface area contributed by atoms with Crippen LogP contribution in [0.15, 0.2) is 79.1 Å². The number of anilines is 1. The van der Waals surface area contributed by atoms with E-state index in [4.69, 9.17) is 4.98 Å². The van der Waals surface area contributed by atoms with Crippen molar-refractivity contribution in [2.75, 3.05) is 5.32 Å². The van der Waals surface area contributed by atoms with Crippen molar-refractivity contribution in [3.63, 3.8) is 0 Å². The molecule has 3 N–H and O–H groups in total. The zero-order valence-electron chi connectivity index (χ0n) is 20.3. The third-order valence-electron chi connectivity index (χ3n) is 7.25. The van der Waals surface area contributed by atoms with Crippen LogP contribution in [0.2, 0.25) is 0 Å². The molecule has 0 spiro atoms. The second-order valence-corrected chi connectivity index (χ2v) is 9.71. The van der Waals surface area contributed by atoms with Gasteiger partial charge in [-0.2, -0.15) is 5.10 Å². The van der Waals surface area contributed by atoms with E-state index in [2.05, 4.69) is 25.5 Å². The van der Waals surface area contributed by atoms with Crippen molar-refractivity contribution in [1.29, 1.82) is 0 Å². The van der Waals surface area contributed by atoms with Crippen molar-refractivity contribution in [3.8, 4) is 33.8 Å². The van der Waals surface area contributed by atoms with Crippen LogP contribution in [0, 0.1) is 11.7 Å². The molecule has 7 rings (SSSR count). The van der Waals surface area contributed by atoms with Gasteiger partial charge in [0.25, 0.3) is 0 Å². The number of carbonyl (C=O) groups is 1. The first-order valence-electron chi connectivity index (χ1n) is 12.6. The lowest BCUT2D eigenvalue weighted by molar-refractivity contribution is -0.122. The zero-order valence-corrected chi connectivity index (χ0v) is 20.3. The molecule has 0 bridgehead atoms. The standard InChI is InChI=1S/C30H23FN6O/c31-21-7-2-6-19(12-21)23-8-3-9-26-27(23)35-29(34-26)28-24-14-18(10-11-25(24)36-37-28)20-13-22(16-32-15-20)33-30(38)17-4-1-5-17/h2-3,6-17H,1,4-5H2,(H,33,38)(H,34,35)(H,36,37). The number of benzene rings is 3. The number of H-pyrrole nitrogens is 2. The first-order chi connectivity index (χ1) is 18.6. The van der Waals surface area contributed by atoms with Gasteiger partial charge in [0.2, 0.25) is 5.91 Å². The molecule has 1 amide bonds. The van der Waals surface area contributed by atoms with Gasteiger partial charge in [-0.3, -0.25) is 14.9 Å². The Balaban J connectivity index is 1.26. The number of rotatable bonds is 5. The Hall–Kier alpha value is -4.85. The van der Waals surface area contributed by atoms with E-state index in [1.54, 1.807) is 18.5 Å². The molecule has 0 atom stereocenters. The number of aromatic amines is 2. The summed E-state index contributed by atoms with van der Waals surface area (Å²) in [5.41, 5.74) is 7.29. The Morgan fingerprint density at radius 2 is 1.82 bits per heavy atom. The zero-order chi connectivity index (χ0) is 25.6. The van der Waals surface area contributed by atoms with Gasteiger partial charge in [0, 0.05) is 28.6 Å². The van der Waals surface area contributed by atoms with Gasteiger partial charge >= 0.3 is 0 Å². The van der Waals surface area contributed by atoms with Gasteiger partial charge < -0.3 is 10.3 Å². The highest BCUT2D eigenvalue weighted by Crippen LogP contribution is 2.34. The van der Waals surface area contributed by atoms with E-state index in [1.807, 2.05) is 48.5 Å². The molecule has 0 radical (unpaired) electrons. The average Bonchev–Trinajstić information content (AvgIpc) is 3.51. The topological polar surface area (TPSA) is 99.3 Å². The molecular formula is C30H23FN6O. The number of hydrogen-bond acceptors (Lipinski definition) is 4. The molecule has 1 saturated carbocycles. The fourth-order valence-electron chi connectivity index (χ4n) is 4.99. The third kappa shape index (κ3) is 3.91. The van der Waals surface area contributed by atoms with Crippen LogP contribution in [0.25, 0.3) is 55.7 Å². The number of nitrogens with one attached hydrogen (secondary N) is 3. The van der Waals surface area contributed by atoms with E-state index in [9.17, 15) is 9.18 Å². The molecule has 3 heterocycles. The number of amides is 1. The molecule has 7 nitrogen and oxygen atoms in total. The van der Waals surface area contributed by atoms with Gasteiger partial charge in [-0.25, -0.2) is 9.37 Å². The third-order valence-corrected chi connectivity index (χ3v) is 7.25. The predicted molar refractivity (Wildman–Crippen MR) is 146 cm³/mol. The van der Waals surface area contributed by atoms with E-state index >= 15 is 0 Å².